The highest BCUT2D eigenvalue weighted by molar-refractivity contribution is 7.10. The predicted octanol–water partition coefficient (Wildman–Crippen LogP) is 2.88. The fourth-order valence-corrected chi connectivity index (χ4v) is 4.12. The van der Waals surface area contributed by atoms with E-state index in [2.05, 4.69) is 36.9 Å². The Morgan fingerprint density at radius 2 is 1.50 bits per heavy atom. The molecule has 3 nitrogen and oxygen atoms in total. The smallest absolute Gasteiger partial charge is 0.232 e. The maximum absolute atomic E-state index is 13.1. The van der Waals surface area contributed by atoms with Crippen LogP contribution in [-0.4, -0.2) is 26.5 Å². The van der Waals surface area contributed by atoms with E-state index in [1.807, 2.05) is 60.7 Å². The Hall–Kier alpha value is -2.43. The highest BCUT2D eigenvalue weighted by Crippen LogP contribution is 2.25. The number of carbonyl (C=O) groups excluding carboxylic acids is 1. The average molecular weight is 366 g/mol. The second-order valence-corrected chi connectivity index (χ2v) is 7.62. The summed E-state index contributed by atoms with van der Waals surface area (Å²) >= 11 is 1.74. The van der Waals surface area contributed by atoms with Crippen molar-refractivity contribution in [2.24, 2.45) is 0 Å². The molecule has 0 saturated carbocycles. The molecule has 3 aromatic rings. The zero-order valence-electron chi connectivity index (χ0n) is 15.2. The van der Waals surface area contributed by atoms with Crippen LogP contribution < -0.4 is 10.2 Å². The number of carbonyl (C=O) groups is 1. The molecular formula is C22H25N2OS+. The van der Waals surface area contributed by atoms with Gasteiger partial charge in [-0.05, 0) is 22.6 Å². The Kier molecular flexibility index (Phi) is 6.21. The molecule has 4 heteroatoms. The number of thiophene rings is 1. The van der Waals surface area contributed by atoms with Crippen LogP contribution in [0.2, 0.25) is 0 Å². The first-order valence-corrected chi connectivity index (χ1v) is 9.76. The van der Waals surface area contributed by atoms with Crippen molar-refractivity contribution < 1.29 is 9.69 Å². The van der Waals surface area contributed by atoms with Crippen molar-refractivity contribution in [2.75, 3.05) is 20.6 Å². The van der Waals surface area contributed by atoms with Crippen molar-refractivity contribution in [2.45, 2.75) is 12.0 Å². The molecule has 2 aromatic carbocycles. The van der Waals surface area contributed by atoms with Crippen LogP contribution in [-0.2, 0) is 4.79 Å². The SMILES string of the molecule is C[NH+](C)[C@H](CNC(=O)C(c1ccccc1)c1ccccc1)c1cccs1. The van der Waals surface area contributed by atoms with Crippen LogP contribution in [0, 0.1) is 0 Å². The van der Waals surface area contributed by atoms with Gasteiger partial charge in [-0.2, -0.15) is 0 Å². The number of amides is 1. The van der Waals surface area contributed by atoms with Crippen LogP contribution in [0.1, 0.15) is 28.0 Å². The monoisotopic (exact) mass is 365 g/mol. The summed E-state index contributed by atoms with van der Waals surface area (Å²) in [6.07, 6.45) is 0. The number of benzene rings is 2. The maximum atomic E-state index is 13.1. The molecule has 1 heterocycles. The Balaban J connectivity index is 1.80. The Bertz CT molecular complexity index is 761. The zero-order chi connectivity index (χ0) is 18.4. The Morgan fingerprint density at radius 3 is 1.96 bits per heavy atom. The number of quaternary nitrogens is 1. The van der Waals surface area contributed by atoms with E-state index in [1.165, 1.54) is 9.78 Å². The maximum Gasteiger partial charge on any atom is 0.232 e. The predicted molar refractivity (Wildman–Crippen MR) is 108 cm³/mol. The van der Waals surface area contributed by atoms with Gasteiger partial charge in [-0.3, -0.25) is 4.79 Å². The molecule has 0 aliphatic heterocycles. The number of hydrogen-bond donors (Lipinski definition) is 2. The molecule has 134 valence electrons. The van der Waals surface area contributed by atoms with Crippen molar-refractivity contribution in [3.63, 3.8) is 0 Å². The second kappa shape index (κ2) is 8.79. The highest BCUT2D eigenvalue weighted by atomic mass is 32.1. The van der Waals surface area contributed by atoms with Gasteiger partial charge < -0.3 is 10.2 Å². The molecule has 3 rings (SSSR count). The summed E-state index contributed by atoms with van der Waals surface area (Å²) in [5.74, 6) is -0.247. The van der Waals surface area contributed by atoms with Gasteiger partial charge in [0.25, 0.3) is 0 Å². The normalized spacial score (nSPS) is 12.3. The summed E-state index contributed by atoms with van der Waals surface area (Å²) in [7, 11) is 4.25. The van der Waals surface area contributed by atoms with Crippen LogP contribution in [0.3, 0.4) is 0 Å². The second-order valence-electron chi connectivity index (χ2n) is 6.64. The number of likely N-dealkylation sites (N-methyl/N-ethyl adjacent to an activating group) is 1. The lowest BCUT2D eigenvalue weighted by molar-refractivity contribution is -0.890. The van der Waals surface area contributed by atoms with E-state index in [0.29, 0.717) is 6.54 Å². The van der Waals surface area contributed by atoms with Gasteiger partial charge in [0.05, 0.1) is 31.4 Å². The van der Waals surface area contributed by atoms with Crippen LogP contribution >= 0.6 is 11.3 Å². The molecule has 26 heavy (non-hydrogen) atoms. The van der Waals surface area contributed by atoms with Gasteiger partial charge in [0.15, 0.2) is 0 Å². The summed E-state index contributed by atoms with van der Waals surface area (Å²) in [5.41, 5.74) is 2.03. The van der Waals surface area contributed by atoms with E-state index in [0.717, 1.165) is 11.1 Å². The molecule has 1 aromatic heterocycles. The van der Waals surface area contributed by atoms with Crippen LogP contribution in [0.25, 0.3) is 0 Å². The van der Waals surface area contributed by atoms with E-state index in [-0.39, 0.29) is 17.9 Å². The summed E-state index contributed by atoms with van der Waals surface area (Å²) in [6, 6.07) is 24.4. The molecule has 1 atom stereocenters. The minimum atomic E-state index is -0.293. The molecule has 0 spiro atoms. The highest BCUT2D eigenvalue weighted by Gasteiger charge is 2.25. The fraction of sp³-hybridized carbons (Fsp3) is 0.227. The van der Waals surface area contributed by atoms with Crippen molar-refractivity contribution in [1.29, 1.82) is 0 Å². The van der Waals surface area contributed by atoms with Gasteiger partial charge in [-0.25, -0.2) is 0 Å². The third-order valence-electron chi connectivity index (χ3n) is 4.59. The lowest BCUT2D eigenvalue weighted by Gasteiger charge is -2.23. The molecule has 0 aliphatic rings. The fourth-order valence-electron chi connectivity index (χ4n) is 3.17. The first-order chi connectivity index (χ1) is 12.7. The van der Waals surface area contributed by atoms with Crippen LogP contribution in [0.5, 0.6) is 0 Å². The molecule has 0 aliphatic carbocycles. The Labute approximate surface area is 159 Å². The van der Waals surface area contributed by atoms with E-state index in [4.69, 9.17) is 0 Å². The molecule has 1 amide bonds. The van der Waals surface area contributed by atoms with E-state index < -0.39 is 0 Å². The van der Waals surface area contributed by atoms with Gasteiger partial charge >= 0.3 is 0 Å². The summed E-state index contributed by atoms with van der Waals surface area (Å²) < 4.78 is 0. The van der Waals surface area contributed by atoms with Gasteiger partial charge in [0.1, 0.15) is 6.04 Å². The largest absolute Gasteiger partial charge is 0.349 e. The lowest BCUT2D eigenvalue weighted by atomic mass is 9.90. The average Bonchev–Trinajstić information content (AvgIpc) is 3.18. The first kappa shape index (κ1) is 18.4. The molecule has 0 fully saturated rings. The summed E-state index contributed by atoms with van der Waals surface area (Å²) in [5, 5.41) is 5.28. The van der Waals surface area contributed by atoms with Crippen LogP contribution in [0.4, 0.5) is 0 Å². The molecular weight excluding hydrogens is 340 g/mol. The van der Waals surface area contributed by atoms with E-state index in [9.17, 15) is 4.79 Å². The lowest BCUT2D eigenvalue weighted by Crippen LogP contribution is -3.06. The molecule has 0 saturated heterocycles. The van der Waals surface area contributed by atoms with E-state index >= 15 is 0 Å². The van der Waals surface area contributed by atoms with Crippen LogP contribution in [0.15, 0.2) is 78.2 Å². The standard InChI is InChI=1S/C22H24N2OS/c1-24(2)19(20-14-9-15-26-20)16-23-22(25)21(17-10-5-3-6-11-17)18-12-7-4-8-13-18/h3-15,19,21H,16H2,1-2H3,(H,23,25)/p+1/t19-/m1/s1. The van der Waals surface area contributed by atoms with Crippen molar-refractivity contribution in [1.82, 2.24) is 5.32 Å². The quantitative estimate of drug-likeness (QED) is 0.663. The van der Waals surface area contributed by atoms with Crippen molar-refractivity contribution in [3.8, 4) is 0 Å². The first-order valence-electron chi connectivity index (χ1n) is 8.88. The minimum absolute atomic E-state index is 0.0465. The van der Waals surface area contributed by atoms with Crippen molar-refractivity contribution >= 4 is 17.2 Å². The topological polar surface area (TPSA) is 33.5 Å². The molecule has 0 bridgehead atoms. The minimum Gasteiger partial charge on any atom is -0.349 e. The third-order valence-corrected chi connectivity index (χ3v) is 5.58. The number of hydrogen-bond acceptors (Lipinski definition) is 2. The van der Waals surface area contributed by atoms with Gasteiger partial charge in [0.2, 0.25) is 5.91 Å². The number of nitrogens with one attached hydrogen (secondary N) is 2. The molecule has 0 radical (unpaired) electrons. The third kappa shape index (κ3) is 4.40. The van der Waals surface area contributed by atoms with Gasteiger partial charge in [-0.1, -0.05) is 66.7 Å². The zero-order valence-corrected chi connectivity index (χ0v) is 16.0. The van der Waals surface area contributed by atoms with Crippen molar-refractivity contribution in [3.05, 3.63) is 94.2 Å². The summed E-state index contributed by atoms with van der Waals surface area (Å²) in [6.45, 7) is 0.623. The number of rotatable bonds is 7. The van der Waals surface area contributed by atoms with Gasteiger partial charge in [0, 0.05) is 0 Å². The van der Waals surface area contributed by atoms with Gasteiger partial charge in [-0.15, -0.1) is 11.3 Å². The molecule has 2 N–H and O–H groups in total. The van der Waals surface area contributed by atoms with E-state index in [1.54, 1.807) is 11.3 Å². The summed E-state index contributed by atoms with van der Waals surface area (Å²) in [4.78, 5) is 15.7. The Morgan fingerprint density at radius 1 is 0.923 bits per heavy atom. The molecule has 0 unspecified atom stereocenters.